The van der Waals surface area contributed by atoms with Gasteiger partial charge in [-0.05, 0) is 38.1 Å². The van der Waals surface area contributed by atoms with Crippen LogP contribution >= 0.6 is 24.0 Å². The van der Waals surface area contributed by atoms with Gasteiger partial charge in [-0.3, -0.25) is 4.79 Å². The molecule has 0 spiro atoms. The molecule has 0 radical (unpaired) electrons. The molecular weight excluding hydrogens is 377 g/mol. The number of amides is 1. The number of halogens is 2. The maximum atomic E-state index is 12.2. The number of rotatable bonds is 3. The molecule has 26 heavy (non-hydrogen) atoms. The van der Waals surface area contributed by atoms with Gasteiger partial charge < -0.3 is 14.8 Å². The van der Waals surface area contributed by atoms with Gasteiger partial charge in [0.1, 0.15) is 5.75 Å². The molecule has 0 unspecified atom stereocenters. The average Bonchev–Trinajstić information content (AvgIpc) is 2.86. The summed E-state index contributed by atoms with van der Waals surface area (Å²) in [4.78, 5) is 12.2. The fourth-order valence-electron chi connectivity index (χ4n) is 2.68. The number of aromatic nitrogens is 1. The van der Waals surface area contributed by atoms with Crippen molar-refractivity contribution in [3.8, 4) is 11.6 Å². The Balaban J connectivity index is 0.00000243. The summed E-state index contributed by atoms with van der Waals surface area (Å²) in [7, 11) is 0. The van der Waals surface area contributed by atoms with E-state index in [1.165, 1.54) is 18.2 Å². The number of carbonyl (C=O) groups excluding carboxylic acids is 1. The fraction of sp³-hybridized carbons (Fsp3) is 0.167. The van der Waals surface area contributed by atoms with Crippen LogP contribution in [0.4, 0.5) is 5.69 Å². The molecule has 0 aliphatic rings. The molecule has 0 fully saturated rings. The predicted octanol–water partition coefficient (Wildman–Crippen LogP) is 5.63. The highest BCUT2D eigenvalue weighted by Crippen LogP contribution is 2.40. The SMILES string of the molecule is CC(C)n1c(O)c(N=NC(=O)c2cc(Cl)ccc2O)c2ccccc21.Cl. The van der Waals surface area contributed by atoms with Crippen LogP contribution in [0.25, 0.3) is 10.9 Å². The van der Waals surface area contributed by atoms with E-state index in [2.05, 4.69) is 10.2 Å². The van der Waals surface area contributed by atoms with Crippen LogP contribution in [-0.4, -0.2) is 20.7 Å². The van der Waals surface area contributed by atoms with Crippen LogP contribution in [0.5, 0.6) is 11.6 Å². The van der Waals surface area contributed by atoms with Crippen molar-refractivity contribution in [2.75, 3.05) is 0 Å². The number of para-hydroxylation sites is 1. The summed E-state index contributed by atoms with van der Waals surface area (Å²) in [5, 5.41) is 28.8. The zero-order chi connectivity index (χ0) is 18.1. The zero-order valence-electron chi connectivity index (χ0n) is 14.0. The molecule has 1 heterocycles. The molecule has 3 rings (SSSR count). The van der Waals surface area contributed by atoms with Gasteiger partial charge in [0.15, 0.2) is 5.69 Å². The van der Waals surface area contributed by atoms with E-state index in [0.717, 1.165) is 5.52 Å². The van der Waals surface area contributed by atoms with Crippen LogP contribution in [0.1, 0.15) is 30.2 Å². The lowest BCUT2D eigenvalue weighted by molar-refractivity contribution is 0.0992. The van der Waals surface area contributed by atoms with Crippen molar-refractivity contribution in [1.29, 1.82) is 0 Å². The Morgan fingerprint density at radius 2 is 1.85 bits per heavy atom. The lowest BCUT2D eigenvalue weighted by atomic mass is 10.2. The number of nitrogens with zero attached hydrogens (tertiary/aromatic N) is 3. The lowest BCUT2D eigenvalue weighted by Crippen LogP contribution is -1.98. The van der Waals surface area contributed by atoms with E-state index in [4.69, 9.17) is 11.6 Å². The maximum absolute atomic E-state index is 12.2. The number of phenols is 1. The number of aromatic hydroxyl groups is 2. The molecule has 1 aromatic heterocycles. The van der Waals surface area contributed by atoms with Gasteiger partial charge in [0.2, 0.25) is 5.88 Å². The number of azo groups is 1. The van der Waals surface area contributed by atoms with E-state index in [0.29, 0.717) is 10.4 Å². The topological polar surface area (TPSA) is 87.2 Å². The molecule has 0 aliphatic carbocycles. The summed E-state index contributed by atoms with van der Waals surface area (Å²) >= 11 is 5.84. The van der Waals surface area contributed by atoms with Crippen molar-refractivity contribution >= 4 is 46.5 Å². The van der Waals surface area contributed by atoms with Crippen LogP contribution in [-0.2, 0) is 0 Å². The normalized spacial score (nSPS) is 11.2. The quantitative estimate of drug-likeness (QED) is 0.564. The number of hydrogen-bond donors (Lipinski definition) is 2. The van der Waals surface area contributed by atoms with Gasteiger partial charge in [-0.1, -0.05) is 29.8 Å². The van der Waals surface area contributed by atoms with Gasteiger partial charge in [0.05, 0.1) is 11.1 Å². The van der Waals surface area contributed by atoms with Gasteiger partial charge in [0.25, 0.3) is 5.91 Å². The number of hydrogen-bond acceptors (Lipinski definition) is 4. The minimum atomic E-state index is -0.749. The van der Waals surface area contributed by atoms with Crippen LogP contribution in [0.3, 0.4) is 0 Å². The van der Waals surface area contributed by atoms with Crippen LogP contribution in [0, 0.1) is 0 Å². The maximum Gasteiger partial charge on any atom is 0.299 e. The first-order valence-corrected chi connectivity index (χ1v) is 8.04. The molecule has 0 saturated carbocycles. The Hall–Kier alpha value is -2.57. The fourth-order valence-corrected chi connectivity index (χ4v) is 2.85. The first kappa shape index (κ1) is 19.8. The summed E-state index contributed by atoms with van der Waals surface area (Å²) in [5.74, 6) is -1.05. The number of benzene rings is 2. The third kappa shape index (κ3) is 3.52. The van der Waals surface area contributed by atoms with Gasteiger partial charge in [-0.2, -0.15) is 0 Å². The second-order valence-corrected chi connectivity index (χ2v) is 6.26. The molecule has 6 nitrogen and oxygen atoms in total. The third-order valence-electron chi connectivity index (χ3n) is 3.80. The van der Waals surface area contributed by atoms with Gasteiger partial charge in [0, 0.05) is 16.5 Å². The summed E-state index contributed by atoms with van der Waals surface area (Å²) in [5.41, 5.74) is 0.949. The first-order valence-electron chi connectivity index (χ1n) is 7.66. The number of fused-ring (bicyclic) bond motifs is 1. The highest BCUT2D eigenvalue weighted by Gasteiger charge is 2.19. The standard InChI is InChI=1S/C18H16ClN3O3.ClH/c1-10(2)22-14-6-4-3-5-12(14)16(18(22)25)20-21-17(24)13-9-11(19)7-8-15(13)23;/h3-10,23,25H,1-2H3;1H. The second-order valence-electron chi connectivity index (χ2n) is 5.82. The minimum absolute atomic E-state index is 0. The molecular formula is C18H17Cl2N3O3. The highest BCUT2D eigenvalue weighted by atomic mass is 35.5. The van der Waals surface area contributed by atoms with E-state index in [9.17, 15) is 15.0 Å². The van der Waals surface area contributed by atoms with Crippen LogP contribution in [0.15, 0.2) is 52.7 Å². The minimum Gasteiger partial charge on any atom is -0.507 e. The number of phenolic OH excluding ortho intramolecular Hbond substituents is 1. The molecule has 136 valence electrons. The lowest BCUT2D eigenvalue weighted by Gasteiger charge is -2.10. The Morgan fingerprint density at radius 3 is 2.54 bits per heavy atom. The Kier molecular flexibility index (Phi) is 5.90. The van der Waals surface area contributed by atoms with Gasteiger partial charge >= 0.3 is 0 Å². The van der Waals surface area contributed by atoms with E-state index in [-0.39, 0.29) is 41.3 Å². The Bertz CT molecular complexity index is 997. The summed E-state index contributed by atoms with van der Waals surface area (Å²) in [6.07, 6.45) is 0. The largest absolute Gasteiger partial charge is 0.507 e. The monoisotopic (exact) mass is 393 g/mol. The van der Waals surface area contributed by atoms with Crippen LogP contribution < -0.4 is 0 Å². The molecule has 0 aliphatic heterocycles. The van der Waals surface area contributed by atoms with E-state index in [1.807, 2.05) is 32.0 Å². The summed E-state index contributed by atoms with van der Waals surface area (Å²) in [6, 6.07) is 11.4. The molecule has 2 aromatic carbocycles. The average molecular weight is 394 g/mol. The summed E-state index contributed by atoms with van der Waals surface area (Å²) < 4.78 is 1.71. The molecule has 0 bridgehead atoms. The summed E-state index contributed by atoms with van der Waals surface area (Å²) in [6.45, 7) is 3.87. The van der Waals surface area contributed by atoms with E-state index < -0.39 is 5.91 Å². The predicted molar refractivity (Wildman–Crippen MR) is 103 cm³/mol. The van der Waals surface area contributed by atoms with Crippen molar-refractivity contribution in [2.45, 2.75) is 19.9 Å². The highest BCUT2D eigenvalue weighted by molar-refractivity contribution is 6.31. The van der Waals surface area contributed by atoms with E-state index >= 15 is 0 Å². The van der Waals surface area contributed by atoms with Crippen molar-refractivity contribution in [2.24, 2.45) is 10.2 Å². The molecule has 0 saturated heterocycles. The smallest absolute Gasteiger partial charge is 0.299 e. The van der Waals surface area contributed by atoms with Crippen molar-refractivity contribution in [1.82, 2.24) is 4.57 Å². The molecule has 0 atom stereocenters. The Labute approximate surface area is 161 Å². The van der Waals surface area contributed by atoms with Crippen molar-refractivity contribution in [3.05, 3.63) is 53.1 Å². The van der Waals surface area contributed by atoms with Crippen molar-refractivity contribution < 1.29 is 15.0 Å². The molecule has 3 aromatic rings. The third-order valence-corrected chi connectivity index (χ3v) is 4.04. The van der Waals surface area contributed by atoms with Gasteiger partial charge in [-0.25, -0.2) is 0 Å². The van der Waals surface area contributed by atoms with E-state index in [1.54, 1.807) is 10.6 Å². The van der Waals surface area contributed by atoms with Crippen LogP contribution in [0.2, 0.25) is 5.02 Å². The number of carbonyl (C=O) groups is 1. The Morgan fingerprint density at radius 1 is 1.15 bits per heavy atom. The second kappa shape index (κ2) is 7.76. The molecule has 1 amide bonds. The zero-order valence-corrected chi connectivity index (χ0v) is 15.6. The first-order chi connectivity index (χ1) is 11.9. The van der Waals surface area contributed by atoms with Crippen molar-refractivity contribution in [3.63, 3.8) is 0 Å². The molecule has 2 N–H and O–H groups in total. The molecule has 8 heteroatoms. The van der Waals surface area contributed by atoms with Gasteiger partial charge in [-0.15, -0.1) is 22.6 Å².